The topological polar surface area (TPSA) is 17.1 Å². The molecule has 0 amide bonds. The summed E-state index contributed by atoms with van der Waals surface area (Å²) in [5.41, 5.74) is 1.44. The maximum atomic E-state index is 8.00. The van der Waals surface area contributed by atoms with E-state index in [2.05, 4.69) is 44.2 Å². The minimum atomic E-state index is 0.766. The fourth-order valence-corrected chi connectivity index (χ4v) is 1.09. The summed E-state index contributed by atoms with van der Waals surface area (Å²) in [6.07, 6.45) is 1.20. The first-order valence-corrected chi connectivity index (χ1v) is 4.12. The van der Waals surface area contributed by atoms with Crippen LogP contribution >= 0.6 is 0 Å². The summed E-state index contributed by atoms with van der Waals surface area (Å²) in [6, 6.07) is 10.6. The van der Waals surface area contributed by atoms with E-state index in [1.54, 1.807) is 0 Å². The largest absolute Gasteiger partial charge is 0.307 e. The minimum Gasteiger partial charge on any atom is -0.307 e. The van der Waals surface area contributed by atoms with Gasteiger partial charge in [-0.05, 0) is 17.9 Å². The van der Waals surface area contributed by atoms with E-state index in [-0.39, 0.29) is 0 Å². The lowest BCUT2D eigenvalue weighted by Crippen LogP contribution is -1.92. The molecular weight excluding hydrogens is 148 g/mol. The molecule has 0 aliphatic rings. The Morgan fingerprint density at radius 1 is 1.17 bits per heavy atom. The monoisotopic (exact) mass is 164 g/mol. The molecule has 0 radical (unpaired) electrons. The van der Waals surface area contributed by atoms with E-state index in [1.165, 1.54) is 12.0 Å². The van der Waals surface area contributed by atoms with E-state index < -0.39 is 0 Å². The molecule has 0 N–H and O–H groups in total. The molecule has 1 aromatic carbocycles. The molecule has 0 spiro atoms. The quantitative estimate of drug-likeness (QED) is 0.656. The summed E-state index contributed by atoms with van der Waals surface area (Å²) < 4.78 is 0. The number of hydrogen-bond acceptors (Lipinski definition) is 1. The number of rotatable bonds is 2. The summed E-state index contributed by atoms with van der Waals surface area (Å²) >= 11 is 0. The van der Waals surface area contributed by atoms with Gasteiger partial charge in [-0.3, -0.25) is 0 Å². The van der Waals surface area contributed by atoms with Crippen LogP contribution in [0.1, 0.15) is 19.4 Å². The first kappa shape index (κ1) is 10.9. The molecule has 1 aromatic rings. The van der Waals surface area contributed by atoms with Crippen molar-refractivity contribution in [2.45, 2.75) is 20.3 Å². The lowest BCUT2D eigenvalue weighted by molar-refractivity contribution is -0.0979. The first-order valence-electron chi connectivity index (χ1n) is 4.12. The third kappa shape index (κ3) is 4.67. The molecule has 0 saturated carbocycles. The van der Waals surface area contributed by atoms with E-state index in [0.717, 1.165) is 5.92 Å². The molecule has 1 nitrogen and oxygen atoms in total. The molecule has 0 atom stereocenters. The van der Waals surface area contributed by atoms with Crippen molar-refractivity contribution in [1.29, 1.82) is 0 Å². The van der Waals surface area contributed by atoms with Gasteiger partial charge >= 0.3 is 0 Å². The average molecular weight is 164 g/mol. The summed E-state index contributed by atoms with van der Waals surface area (Å²) in [5, 5.41) is 0. The van der Waals surface area contributed by atoms with Crippen LogP contribution in [0.15, 0.2) is 30.3 Å². The van der Waals surface area contributed by atoms with Crippen LogP contribution in [0.25, 0.3) is 0 Å². The van der Waals surface area contributed by atoms with Crippen LogP contribution in [-0.4, -0.2) is 6.79 Å². The lowest BCUT2D eigenvalue weighted by Gasteiger charge is -2.02. The fraction of sp³-hybridized carbons (Fsp3) is 0.364. The number of benzene rings is 1. The van der Waals surface area contributed by atoms with Crippen LogP contribution in [-0.2, 0) is 11.2 Å². The predicted octanol–water partition coefficient (Wildman–Crippen LogP) is 2.70. The minimum absolute atomic E-state index is 0.766. The maximum absolute atomic E-state index is 8.00. The van der Waals surface area contributed by atoms with Gasteiger partial charge in [0.2, 0.25) is 0 Å². The Labute approximate surface area is 74.4 Å². The van der Waals surface area contributed by atoms with E-state index in [4.69, 9.17) is 4.79 Å². The second-order valence-corrected chi connectivity index (χ2v) is 3.08. The molecule has 0 aliphatic carbocycles. The molecule has 0 aliphatic heterocycles. The molecule has 0 saturated heterocycles. The van der Waals surface area contributed by atoms with Crippen molar-refractivity contribution >= 4 is 6.79 Å². The van der Waals surface area contributed by atoms with Gasteiger partial charge in [0.15, 0.2) is 0 Å². The van der Waals surface area contributed by atoms with Crippen LogP contribution in [0.2, 0.25) is 0 Å². The van der Waals surface area contributed by atoms with Crippen molar-refractivity contribution in [1.82, 2.24) is 0 Å². The Bertz CT molecular complexity index is 191. The van der Waals surface area contributed by atoms with Crippen molar-refractivity contribution < 1.29 is 4.79 Å². The zero-order valence-electron chi connectivity index (χ0n) is 7.79. The first-order chi connectivity index (χ1) is 5.79. The number of carbonyl (C=O) groups is 1. The van der Waals surface area contributed by atoms with Crippen molar-refractivity contribution in [2.24, 2.45) is 5.92 Å². The average Bonchev–Trinajstić information content (AvgIpc) is 2.08. The highest BCUT2D eigenvalue weighted by Gasteiger charge is 1.94. The highest BCUT2D eigenvalue weighted by molar-refractivity contribution is 5.14. The fourth-order valence-electron chi connectivity index (χ4n) is 1.09. The van der Waals surface area contributed by atoms with Gasteiger partial charge in [0.25, 0.3) is 0 Å². The smallest absolute Gasteiger partial charge is 0.106 e. The van der Waals surface area contributed by atoms with Gasteiger partial charge in [0, 0.05) is 0 Å². The standard InChI is InChI=1S/C10H14.CH2O/c1-9(2)8-10-6-4-3-5-7-10;1-2/h3-7,9H,8H2,1-2H3;1H2. The molecule has 0 bridgehead atoms. The molecule has 0 aromatic heterocycles. The van der Waals surface area contributed by atoms with Crippen molar-refractivity contribution in [3.05, 3.63) is 35.9 Å². The molecular formula is C11H16O. The molecule has 66 valence electrons. The van der Waals surface area contributed by atoms with Crippen LogP contribution in [0.5, 0.6) is 0 Å². The normalized spacial score (nSPS) is 8.92. The van der Waals surface area contributed by atoms with Gasteiger partial charge < -0.3 is 4.79 Å². The SMILES string of the molecule is C=O.CC(C)Cc1ccccc1. The summed E-state index contributed by atoms with van der Waals surface area (Å²) in [4.78, 5) is 8.00. The third-order valence-corrected chi connectivity index (χ3v) is 1.49. The second-order valence-electron chi connectivity index (χ2n) is 3.08. The summed E-state index contributed by atoms with van der Waals surface area (Å²) in [6.45, 7) is 6.49. The van der Waals surface area contributed by atoms with E-state index in [9.17, 15) is 0 Å². The number of hydrogen-bond donors (Lipinski definition) is 0. The predicted molar refractivity (Wildman–Crippen MR) is 52.1 cm³/mol. The lowest BCUT2D eigenvalue weighted by atomic mass is 10.0. The van der Waals surface area contributed by atoms with Gasteiger partial charge in [-0.25, -0.2) is 0 Å². The molecule has 0 fully saturated rings. The van der Waals surface area contributed by atoms with Crippen LogP contribution < -0.4 is 0 Å². The highest BCUT2D eigenvalue weighted by Crippen LogP contribution is 2.05. The van der Waals surface area contributed by atoms with Crippen molar-refractivity contribution in [3.8, 4) is 0 Å². The molecule has 12 heavy (non-hydrogen) atoms. The van der Waals surface area contributed by atoms with Gasteiger partial charge in [-0.2, -0.15) is 0 Å². The highest BCUT2D eigenvalue weighted by atomic mass is 16.1. The zero-order chi connectivity index (χ0) is 9.40. The third-order valence-electron chi connectivity index (χ3n) is 1.49. The Kier molecular flexibility index (Phi) is 5.98. The molecule has 0 heterocycles. The Morgan fingerprint density at radius 3 is 2.08 bits per heavy atom. The zero-order valence-corrected chi connectivity index (χ0v) is 7.79. The molecule has 0 unspecified atom stereocenters. The van der Waals surface area contributed by atoms with E-state index in [0.29, 0.717) is 0 Å². The molecule has 1 heteroatoms. The van der Waals surface area contributed by atoms with Crippen molar-refractivity contribution in [3.63, 3.8) is 0 Å². The van der Waals surface area contributed by atoms with E-state index in [1.807, 2.05) is 6.79 Å². The van der Waals surface area contributed by atoms with Gasteiger partial charge in [0.05, 0.1) is 0 Å². The summed E-state index contributed by atoms with van der Waals surface area (Å²) in [7, 11) is 0. The van der Waals surface area contributed by atoms with Crippen LogP contribution in [0.3, 0.4) is 0 Å². The van der Waals surface area contributed by atoms with E-state index >= 15 is 0 Å². The van der Waals surface area contributed by atoms with Gasteiger partial charge in [-0.15, -0.1) is 0 Å². The Balaban J connectivity index is 0.000000561. The van der Waals surface area contributed by atoms with Crippen LogP contribution in [0.4, 0.5) is 0 Å². The van der Waals surface area contributed by atoms with Gasteiger partial charge in [-0.1, -0.05) is 44.2 Å². The Morgan fingerprint density at radius 2 is 1.67 bits per heavy atom. The maximum Gasteiger partial charge on any atom is 0.106 e. The van der Waals surface area contributed by atoms with Crippen molar-refractivity contribution in [2.75, 3.05) is 0 Å². The second kappa shape index (κ2) is 6.59. The Hall–Kier alpha value is -1.11. The molecule has 1 rings (SSSR count). The summed E-state index contributed by atoms with van der Waals surface area (Å²) in [5.74, 6) is 0.766. The van der Waals surface area contributed by atoms with Crippen LogP contribution in [0, 0.1) is 5.92 Å². The van der Waals surface area contributed by atoms with Gasteiger partial charge in [0.1, 0.15) is 6.79 Å². The number of carbonyl (C=O) groups excluding carboxylic acids is 1.